The van der Waals surface area contributed by atoms with Crippen LogP contribution in [0.15, 0.2) is 0 Å². The summed E-state index contributed by atoms with van der Waals surface area (Å²) in [6.07, 6.45) is -1.57. The molecule has 55 heteroatoms. The van der Waals surface area contributed by atoms with Crippen LogP contribution in [0.4, 0.5) is 0 Å². The van der Waals surface area contributed by atoms with Crippen molar-refractivity contribution in [2.24, 2.45) is 40.3 Å². The number of aliphatic carboxylic acids is 1. The lowest BCUT2D eigenvalue weighted by Gasteiger charge is -2.29. The van der Waals surface area contributed by atoms with E-state index in [2.05, 4.69) is 95.7 Å². The van der Waals surface area contributed by atoms with Crippen molar-refractivity contribution in [1.82, 2.24) is 111 Å². The number of amides is 20. The Hall–Kier alpha value is -12.9. The van der Waals surface area contributed by atoms with E-state index in [1.54, 1.807) is 13.8 Å². The highest BCUT2D eigenvalue weighted by Gasteiger charge is 2.43. The Bertz CT molecular complexity index is 4290. The number of hydrogen-bond acceptors (Lipinski definition) is 29. The molecule has 804 valence electrons. The van der Waals surface area contributed by atoms with Crippen molar-refractivity contribution in [2.75, 3.05) is 86.7 Å². The van der Waals surface area contributed by atoms with Crippen LogP contribution in [0.2, 0.25) is 0 Å². The molecular weight excluding hydrogens is 1870 g/mol. The largest absolute Gasteiger partial charge is 0.480 e. The zero-order valence-electron chi connectivity index (χ0n) is 83.5. The molecule has 2 aliphatic rings. The summed E-state index contributed by atoms with van der Waals surface area (Å²) < 4.78 is 0.498. The maximum Gasteiger partial charge on any atom is 0.322 e. The van der Waals surface area contributed by atoms with Gasteiger partial charge in [0.1, 0.15) is 109 Å². The summed E-state index contributed by atoms with van der Waals surface area (Å²) in [6.45, 7) is 12.0. The van der Waals surface area contributed by atoms with Crippen molar-refractivity contribution < 1.29 is 126 Å². The molecule has 0 saturated carbocycles. The van der Waals surface area contributed by atoms with Crippen LogP contribution in [0.3, 0.4) is 0 Å². The van der Waals surface area contributed by atoms with Crippen molar-refractivity contribution >= 4 is 136 Å². The first-order valence-corrected chi connectivity index (χ1v) is 47.8. The molecule has 142 heavy (non-hydrogen) atoms. The number of carboxylic acid groups (broad SMARTS) is 1. The summed E-state index contributed by atoms with van der Waals surface area (Å²) in [5.74, 6) is -21.0. The second kappa shape index (κ2) is 63.8. The first-order valence-electron chi connectivity index (χ1n) is 47.8. The number of unbranched alkanes of at least 4 members (excludes halogenated alkanes) is 3. The highest BCUT2D eigenvalue weighted by molar-refractivity contribution is 6.02. The number of rotatable bonds is 66. The first-order chi connectivity index (χ1) is 66.5. The number of carbonyl (C=O) groups is 21. The molecule has 2 saturated heterocycles. The van der Waals surface area contributed by atoms with Crippen molar-refractivity contribution in [3.05, 3.63) is 0 Å². The normalized spacial score (nSPS) is 17.2. The predicted octanol–water partition coefficient (Wildman–Crippen LogP) is -12.3. The number of aliphatic hydroxyl groups excluding tert-OH is 3. The molecule has 37 N–H and O–H groups in total. The summed E-state index contributed by atoms with van der Waals surface area (Å²) in [5, 5.41) is 103. The van der Waals surface area contributed by atoms with Gasteiger partial charge in [-0.1, -0.05) is 13.8 Å². The van der Waals surface area contributed by atoms with Gasteiger partial charge in [-0.3, -0.25) is 112 Å². The minimum atomic E-state index is -1.85. The maximum atomic E-state index is 14.5. The molecule has 0 bridgehead atoms. The van der Waals surface area contributed by atoms with Crippen LogP contribution in [0, 0.1) is 16.7 Å². The molecule has 0 aliphatic carbocycles. The van der Waals surface area contributed by atoms with E-state index in [-0.39, 0.29) is 141 Å². The quantitative estimate of drug-likeness (QED) is 0.0116. The maximum absolute atomic E-state index is 14.5. The van der Waals surface area contributed by atoms with Gasteiger partial charge in [-0.25, -0.2) is 0 Å². The number of nitrogens with one attached hydrogen (secondary N) is 21. The molecule has 2 fully saturated rings. The Morgan fingerprint density at radius 3 is 1.12 bits per heavy atom. The average molecular weight is 2020 g/mol. The molecule has 20 amide bonds. The number of primary amides is 1. The third-order valence-corrected chi connectivity index (χ3v) is 22.9. The van der Waals surface area contributed by atoms with Gasteiger partial charge in [0.25, 0.3) is 0 Å². The van der Waals surface area contributed by atoms with Crippen LogP contribution in [0.5, 0.6) is 0 Å². The molecule has 0 aromatic rings. The molecule has 0 spiro atoms. The number of carboxylic acids is 1. The zero-order valence-corrected chi connectivity index (χ0v) is 83.5. The van der Waals surface area contributed by atoms with Crippen molar-refractivity contribution in [3.8, 4) is 0 Å². The molecule has 0 unspecified atom stereocenters. The Kier molecular flexibility index (Phi) is 56.3. The average Bonchev–Trinajstić information content (AvgIpc) is 1.66. The van der Waals surface area contributed by atoms with Gasteiger partial charge < -0.3 is 170 Å². The summed E-state index contributed by atoms with van der Waals surface area (Å²) >= 11 is 0. The topological polar surface area (TPSA) is 878 Å². The highest BCUT2D eigenvalue weighted by atomic mass is 16.4. The number of likely N-dealkylation sites (tertiary alicyclic amines) is 2. The Morgan fingerprint density at radius 2 is 0.711 bits per heavy atom. The van der Waals surface area contributed by atoms with Gasteiger partial charge in [0, 0.05) is 32.6 Å². The molecule has 2 rings (SSSR count). The molecule has 20 atom stereocenters. The number of guanidine groups is 2. The SMILES string of the molecule is CC(C)C[C@H](NC(=O)[C@H](CCC(N)=O)NC(=O)[C@H](CCCCN)NC(=O)[C@H](CCCNC(=N)N)NC(=O)[C@@H]1CCCN1C(=O)[C@H](C)N)C(=O)N[C@@H](C)C(=O)N[C@H](C(=O)N[C@@H](CCCCN)C(=O)N[C@@H](C)C(=O)N[C@@H](C)C(=O)N[C@@H](CCCNC(=N)N)C(=O)N[C@@H](CCCC[N+](C)(C)C)C(=O)N[C@@H](CO)C(=O)N[C@@H](C)C(=O)N1CCC[C@H]1C(=O)N[C@@H](C)C(=O)N[C@H](C(=O)NCC(=O)NCC(=O)O)[C@@H](C)O)[C@@H](C)O. The number of carbonyl (C=O) groups excluding carboxylic acids is 20. The van der Waals surface area contributed by atoms with Crippen LogP contribution in [-0.4, -0.2) is 378 Å². The molecule has 55 nitrogen and oxygen atoms in total. The Morgan fingerprint density at radius 1 is 0.373 bits per heavy atom. The van der Waals surface area contributed by atoms with Crippen LogP contribution in [0.1, 0.15) is 198 Å². The van der Waals surface area contributed by atoms with Gasteiger partial charge in [-0.05, 0) is 196 Å². The van der Waals surface area contributed by atoms with Crippen molar-refractivity contribution in [2.45, 2.75) is 319 Å². The van der Waals surface area contributed by atoms with Crippen LogP contribution < -0.4 is 135 Å². The Labute approximate surface area is 825 Å². The Balaban J connectivity index is 2.36. The van der Waals surface area contributed by atoms with E-state index < -0.39 is 284 Å². The van der Waals surface area contributed by atoms with E-state index in [4.69, 9.17) is 50.3 Å². The van der Waals surface area contributed by atoms with E-state index in [1.165, 1.54) is 46.4 Å². The van der Waals surface area contributed by atoms with E-state index in [1.807, 2.05) is 26.5 Å². The van der Waals surface area contributed by atoms with Gasteiger partial charge in [0.05, 0.1) is 59.1 Å². The summed E-state index contributed by atoms with van der Waals surface area (Å²) in [6, 6.07) is -26.1. The fourth-order valence-electron chi connectivity index (χ4n) is 14.9. The van der Waals surface area contributed by atoms with E-state index in [9.17, 15) is 116 Å². The first kappa shape index (κ1) is 125. The molecule has 0 aromatic heterocycles. The fraction of sp³-hybridized carbons (Fsp3) is 0.736. The highest BCUT2D eigenvalue weighted by Crippen LogP contribution is 2.22. The number of quaternary nitrogens is 1. The number of aliphatic hydroxyl groups is 3. The summed E-state index contributed by atoms with van der Waals surface area (Å²) in [7, 11) is 5.75. The second-order valence-electron chi connectivity index (χ2n) is 37.0. The lowest BCUT2D eigenvalue weighted by molar-refractivity contribution is -0.870. The summed E-state index contributed by atoms with van der Waals surface area (Å²) in [5.41, 5.74) is 34.0. The van der Waals surface area contributed by atoms with Crippen LogP contribution >= 0.6 is 0 Å². The standard InChI is InChI=1S/C87H156N30O25/c1-44(2)40-59(111-77(134)58(31-32-63(91)121)108-73(130)54(25-15-18-34-89)106-75(132)57(28-21-36-97-87(94)95)109-81(138)62-30-22-37-115(62)84(141)45(3)90)78(135)102-48(6)70(127)114-67(52(10)120)83(140)110-53(24-14-17-33-88)72(129)101-46(4)68(125)100-47(5)69(126)105-56(27-20-35-96-86(92)93)74(131)107-55(26-16-19-39-117(11,12)13)76(133)112-60(43-118)79(136)104-50(8)85(142)116-38-23-29-61(116)80(137)103-49(7)71(128)113-66(51(9)119)82(139)99-41-64(122)98-42-65(123)124/h44-62,66-67,118-120H,14-43,88-90H2,1-13H3,(H27-,91,92,93,94,95,96,97,98,99,100,101,102,103,104,105,106,107,108,109,110,111,112,113,114,121,122,123,124,125,126,127,128,129,130,131,132,133,134,135,136,137,138,139,140)/p+1/t45-,46-,47-,48-,49-,50-,51+,52+,53-,54-,55-,56-,57-,58-,59-,60-,61-,62-,66-,67-/m0/s1. The predicted molar refractivity (Wildman–Crippen MR) is 513 cm³/mol. The summed E-state index contributed by atoms with van der Waals surface area (Å²) in [4.78, 5) is 289. The van der Waals surface area contributed by atoms with Gasteiger partial charge in [0.15, 0.2) is 11.9 Å². The third kappa shape index (κ3) is 46.7. The van der Waals surface area contributed by atoms with Crippen molar-refractivity contribution in [1.29, 1.82) is 10.8 Å². The minimum absolute atomic E-state index is 0.00198. The lowest BCUT2D eigenvalue weighted by Crippen LogP contribution is -2.61. The lowest BCUT2D eigenvalue weighted by atomic mass is 10.0. The van der Waals surface area contributed by atoms with Gasteiger partial charge in [-0.2, -0.15) is 0 Å². The molecule has 0 aromatic carbocycles. The second-order valence-corrected chi connectivity index (χ2v) is 37.0. The third-order valence-electron chi connectivity index (χ3n) is 22.9. The molecule has 2 aliphatic heterocycles. The van der Waals surface area contributed by atoms with Gasteiger partial charge in [0.2, 0.25) is 118 Å². The molecular formula is C87H157N30O25+. The number of hydrogen-bond donors (Lipinski definition) is 31. The molecule has 2 heterocycles. The fourth-order valence-corrected chi connectivity index (χ4v) is 14.9. The van der Waals surface area contributed by atoms with Gasteiger partial charge in [-0.15, -0.1) is 0 Å². The van der Waals surface area contributed by atoms with Crippen molar-refractivity contribution in [3.63, 3.8) is 0 Å². The van der Waals surface area contributed by atoms with E-state index in [0.29, 0.717) is 36.7 Å². The van der Waals surface area contributed by atoms with Crippen LogP contribution in [-0.2, 0) is 101 Å². The smallest absolute Gasteiger partial charge is 0.322 e. The monoisotopic (exact) mass is 2020 g/mol. The van der Waals surface area contributed by atoms with Crippen LogP contribution in [0.25, 0.3) is 0 Å². The van der Waals surface area contributed by atoms with E-state index >= 15 is 0 Å². The van der Waals surface area contributed by atoms with E-state index in [0.717, 1.165) is 18.7 Å². The number of nitrogens with zero attached hydrogens (tertiary/aromatic N) is 3. The number of nitrogens with two attached hydrogens (primary N) is 6. The van der Waals surface area contributed by atoms with Gasteiger partial charge >= 0.3 is 5.97 Å². The zero-order chi connectivity index (χ0) is 108. The minimum Gasteiger partial charge on any atom is -0.480 e. The molecule has 0 radical (unpaired) electrons.